The predicted octanol–water partition coefficient (Wildman–Crippen LogP) is 2.65. The van der Waals surface area contributed by atoms with Gasteiger partial charge in [-0.15, -0.1) is 0 Å². The molecule has 0 fully saturated rings. The Morgan fingerprint density at radius 2 is 1.89 bits per heavy atom. The van der Waals surface area contributed by atoms with Crippen molar-refractivity contribution >= 4 is 5.97 Å². The van der Waals surface area contributed by atoms with Crippen LogP contribution in [0.25, 0.3) is 0 Å². The van der Waals surface area contributed by atoms with E-state index in [9.17, 15) is 18.0 Å². The molecule has 2 N–H and O–H groups in total. The number of rotatable bonds is 5. The summed E-state index contributed by atoms with van der Waals surface area (Å²) >= 11 is 0. The molecule has 1 rings (SSSR count). The van der Waals surface area contributed by atoms with Crippen LogP contribution in [-0.2, 0) is 16.1 Å². The van der Waals surface area contributed by atoms with Crippen LogP contribution in [0.5, 0.6) is 0 Å². The molecule has 1 aromatic rings. The Balaban J connectivity index is 2.60. The first-order valence-electron chi connectivity index (χ1n) is 5.89. The highest BCUT2D eigenvalue weighted by molar-refractivity contribution is 5.73. The number of esters is 1. The molecule has 0 aliphatic heterocycles. The van der Waals surface area contributed by atoms with Crippen molar-refractivity contribution in [3.05, 3.63) is 35.9 Å². The van der Waals surface area contributed by atoms with E-state index in [4.69, 9.17) is 10.5 Å². The molecule has 2 atom stereocenters. The molecule has 0 amide bonds. The van der Waals surface area contributed by atoms with Crippen LogP contribution in [0.1, 0.15) is 18.9 Å². The third-order valence-electron chi connectivity index (χ3n) is 2.78. The van der Waals surface area contributed by atoms with Crippen molar-refractivity contribution in [3.8, 4) is 0 Å². The molecule has 0 unspecified atom stereocenters. The molecular formula is C13H16F3NO2. The van der Waals surface area contributed by atoms with E-state index < -0.39 is 24.1 Å². The van der Waals surface area contributed by atoms with Gasteiger partial charge in [-0.3, -0.25) is 4.79 Å². The van der Waals surface area contributed by atoms with E-state index in [0.29, 0.717) is 5.56 Å². The number of hydrogen-bond donors (Lipinski definition) is 1. The number of carbonyl (C=O) groups is 1. The van der Waals surface area contributed by atoms with Gasteiger partial charge >= 0.3 is 12.1 Å². The van der Waals surface area contributed by atoms with Crippen LogP contribution < -0.4 is 5.73 Å². The summed E-state index contributed by atoms with van der Waals surface area (Å²) in [5.41, 5.74) is 5.76. The lowest BCUT2D eigenvalue weighted by molar-refractivity contribution is -0.177. The Kier molecular flexibility index (Phi) is 5.35. The Bertz CT molecular complexity index is 406. The summed E-state index contributed by atoms with van der Waals surface area (Å²) in [6.45, 7) is 1.42. The maximum absolute atomic E-state index is 12.5. The average molecular weight is 275 g/mol. The molecule has 0 saturated heterocycles. The number of carbonyl (C=O) groups excluding carboxylic acids is 1. The molecule has 3 nitrogen and oxygen atoms in total. The zero-order chi connectivity index (χ0) is 14.5. The van der Waals surface area contributed by atoms with Crippen LogP contribution in [-0.4, -0.2) is 18.2 Å². The van der Waals surface area contributed by atoms with Gasteiger partial charge < -0.3 is 10.5 Å². The molecule has 0 aliphatic rings. The molecule has 0 saturated carbocycles. The Morgan fingerprint density at radius 3 is 2.37 bits per heavy atom. The molecule has 0 bridgehead atoms. The maximum Gasteiger partial charge on any atom is 0.404 e. The van der Waals surface area contributed by atoms with Gasteiger partial charge in [0, 0.05) is 0 Å². The highest BCUT2D eigenvalue weighted by Gasteiger charge is 2.44. The van der Waals surface area contributed by atoms with E-state index in [1.807, 2.05) is 0 Å². The van der Waals surface area contributed by atoms with Gasteiger partial charge in [-0.1, -0.05) is 37.3 Å². The number of hydrogen-bond acceptors (Lipinski definition) is 3. The summed E-state index contributed by atoms with van der Waals surface area (Å²) in [5.74, 6) is -2.29. The first-order valence-corrected chi connectivity index (χ1v) is 5.89. The molecule has 0 heterocycles. The first kappa shape index (κ1) is 15.5. The van der Waals surface area contributed by atoms with Crippen molar-refractivity contribution in [2.24, 2.45) is 11.7 Å². The summed E-state index contributed by atoms with van der Waals surface area (Å²) in [5, 5.41) is 0. The highest BCUT2D eigenvalue weighted by Crippen LogP contribution is 2.26. The molecule has 106 valence electrons. The fourth-order valence-corrected chi connectivity index (χ4v) is 1.63. The van der Waals surface area contributed by atoms with Crippen molar-refractivity contribution in [1.82, 2.24) is 0 Å². The predicted molar refractivity (Wildman–Crippen MR) is 64.0 cm³/mol. The number of benzene rings is 1. The van der Waals surface area contributed by atoms with E-state index in [1.165, 1.54) is 6.92 Å². The van der Waals surface area contributed by atoms with Crippen LogP contribution >= 0.6 is 0 Å². The molecule has 1 aromatic carbocycles. The molecule has 0 aromatic heterocycles. The molecular weight excluding hydrogens is 259 g/mol. The monoisotopic (exact) mass is 275 g/mol. The molecule has 0 aliphatic carbocycles. The lowest BCUT2D eigenvalue weighted by atomic mass is 9.97. The van der Waals surface area contributed by atoms with Gasteiger partial charge in [-0.25, -0.2) is 0 Å². The van der Waals surface area contributed by atoms with Crippen molar-refractivity contribution in [2.45, 2.75) is 32.2 Å². The van der Waals surface area contributed by atoms with E-state index in [2.05, 4.69) is 0 Å². The standard InChI is InChI=1S/C13H16F3NO2/c1-2-10(11(17)13(14,15)16)12(18)19-8-9-6-4-3-5-7-9/h3-7,10-11H,2,8,17H2,1H3/t10-,11-/m1/s1. The zero-order valence-corrected chi connectivity index (χ0v) is 10.5. The normalized spacial score (nSPS) is 14.8. The molecule has 0 radical (unpaired) electrons. The topological polar surface area (TPSA) is 52.3 Å². The largest absolute Gasteiger partial charge is 0.461 e. The van der Waals surface area contributed by atoms with Gasteiger partial charge in [-0.2, -0.15) is 13.2 Å². The highest BCUT2D eigenvalue weighted by atomic mass is 19.4. The maximum atomic E-state index is 12.5. The number of halogens is 3. The van der Waals surface area contributed by atoms with Gasteiger partial charge in [0.25, 0.3) is 0 Å². The van der Waals surface area contributed by atoms with Gasteiger partial charge in [0.2, 0.25) is 0 Å². The fourth-order valence-electron chi connectivity index (χ4n) is 1.63. The second-order valence-electron chi connectivity index (χ2n) is 4.18. The molecule has 19 heavy (non-hydrogen) atoms. The Hall–Kier alpha value is -1.56. The number of ether oxygens (including phenoxy) is 1. The minimum atomic E-state index is -4.60. The Labute approximate surface area is 109 Å². The first-order chi connectivity index (χ1) is 8.86. The van der Waals surface area contributed by atoms with Crippen LogP contribution in [0, 0.1) is 5.92 Å². The third-order valence-corrected chi connectivity index (χ3v) is 2.78. The second-order valence-corrected chi connectivity index (χ2v) is 4.18. The van der Waals surface area contributed by atoms with Gasteiger partial charge in [0.05, 0.1) is 5.92 Å². The van der Waals surface area contributed by atoms with Crippen molar-refractivity contribution in [3.63, 3.8) is 0 Å². The van der Waals surface area contributed by atoms with Crippen molar-refractivity contribution in [2.75, 3.05) is 0 Å². The van der Waals surface area contributed by atoms with Gasteiger partial charge in [0.1, 0.15) is 12.6 Å². The number of nitrogens with two attached hydrogens (primary N) is 1. The van der Waals surface area contributed by atoms with Crippen LogP contribution in [0.4, 0.5) is 13.2 Å². The summed E-state index contributed by atoms with van der Waals surface area (Å²) in [7, 11) is 0. The lowest BCUT2D eigenvalue weighted by Crippen LogP contribution is -2.47. The second kappa shape index (κ2) is 6.56. The van der Waals surface area contributed by atoms with E-state index in [0.717, 1.165) is 0 Å². The summed E-state index contributed by atoms with van der Waals surface area (Å²) in [6, 6.07) is 6.54. The van der Waals surface area contributed by atoms with Gasteiger partial charge in [-0.05, 0) is 12.0 Å². The van der Waals surface area contributed by atoms with Crippen LogP contribution in [0.15, 0.2) is 30.3 Å². The zero-order valence-electron chi connectivity index (χ0n) is 10.5. The summed E-state index contributed by atoms with van der Waals surface area (Å²) < 4.78 is 42.3. The van der Waals surface area contributed by atoms with Crippen LogP contribution in [0.2, 0.25) is 0 Å². The minimum absolute atomic E-state index is 0.0195. The third kappa shape index (κ3) is 4.55. The van der Waals surface area contributed by atoms with E-state index in [1.54, 1.807) is 30.3 Å². The van der Waals surface area contributed by atoms with Crippen LogP contribution in [0.3, 0.4) is 0 Å². The number of alkyl halides is 3. The SMILES string of the molecule is CC[C@@H](C(=O)OCc1ccccc1)[C@@H](N)C(F)(F)F. The quantitative estimate of drug-likeness (QED) is 0.840. The van der Waals surface area contributed by atoms with E-state index >= 15 is 0 Å². The fraction of sp³-hybridized carbons (Fsp3) is 0.462. The molecule has 0 spiro atoms. The van der Waals surface area contributed by atoms with Gasteiger partial charge in [0.15, 0.2) is 0 Å². The van der Waals surface area contributed by atoms with Crippen molar-refractivity contribution < 1.29 is 22.7 Å². The Morgan fingerprint density at radius 1 is 1.32 bits per heavy atom. The molecule has 6 heteroatoms. The smallest absolute Gasteiger partial charge is 0.404 e. The minimum Gasteiger partial charge on any atom is -0.461 e. The summed E-state index contributed by atoms with van der Waals surface area (Å²) in [4.78, 5) is 11.6. The summed E-state index contributed by atoms with van der Waals surface area (Å²) in [6.07, 6.45) is -4.62. The lowest BCUT2D eigenvalue weighted by Gasteiger charge is -2.23. The average Bonchev–Trinajstić information content (AvgIpc) is 2.37. The van der Waals surface area contributed by atoms with E-state index in [-0.39, 0.29) is 13.0 Å². The van der Waals surface area contributed by atoms with Crippen molar-refractivity contribution in [1.29, 1.82) is 0 Å².